The lowest BCUT2D eigenvalue weighted by atomic mass is 9.85. The normalized spacial score (nSPS) is 43.4. The minimum atomic E-state index is -0.415. The van der Waals surface area contributed by atoms with Gasteiger partial charge in [-0.2, -0.15) is 0 Å². The molecule has 0 N–H and O–H groups in total. The van der Waals surface area contributed by atoms with Crippen LogP contribution >= 0.6 is 0 Å². The van der Waals surface area contributed by atoms with Gasteiger partial charge in [0.05, 0.1) is 24.2 Å². The van der Waals surface area contributed by atoms with E-state index in [9.17, 15) is 4.79 Å². The van der Waals surface area contributed by atoms with Crippen LogP contribution < -0.4 is 0 Å². The molecule has 0 aromatic heterocycles. The van der Waals surface area contributed by atoms with Gasteiger partial charge in [0, 0.05) is 0 Å². The number of fused-ring (bicyclic) bond motifs is 5. The molecular weight excluding hydrogens is 280 g/mol. The molecule has 22 heavy (non-hydrogen) atoms. The first kappa shape index (κ1) is 16.3. The molecule has 1 heterocycles. The highest BCUT2D eigenvalue weighted by Gasteiger charge is 2.60. The lowest BCUT2D eigenvalue weighted by Gasteiger charge is -2.30. The Balaban J connectivity index is 1.58. The molecule has 0 radical (unpaired) electrons. The van der Waals surface area contributed by atoms with E-state index in [2.05, 4.69) is 6.92 Å². The lowest BCUT2D eigenvalue weighted by Crippen LogP contribution is -2.37. The first-order valence-electron chi connectivity index (χ1n) is 8.82. The Morgan fingerprint density at radius 1 is 1.23 bits per heavy atom. The zero-order valence-corrected chi connectivity index (χ0v) is 14.6. The van der Waals surface area contributed by atoms with Crippen molar-refractivity contribution in [3.05, 3.63) is 0 Å². The van der Waals surface area contributed by atoms with Crippen LogP contribution in [0.3, 0.4) is 0 Å². The first-order valence-corrected chi connectivity index (χ1v) is 8.82. The van der Waals surface area contributed by atoms with E-state index in [0.29, 0.717) is 24.4 Å². The van der Waals surface area contributed by atoms with Crippen molar-refractivity contribution in [2.24, 2.45) is 23.2 Å². The third-order valence-corrected chi connectivity index (χ3v) is 6.27. The number of esters is 1. The monoisotopic (exact) mass is 310 g/mol. The lowest BCUT2D eigenvalue weighted by molar-refractivity contribution is -0.174. The van der Waals surface area contributed by atoms with Gasteiger partial charge >= 0.3 is 5.97 Å². The summed E-state index contributed by atoms with van der Waals surface area (Å²) in [6.45, 7) is 10.6. The van der Waals surface area contributed by atoms with Crippen LogP contribution in [0.4, 0.5) is 0 Å². The average molecular weight is 310 g/mol. The number of rotatable bonds is 5. The van der Waals surface area contributed by atoms with Crippen LogP contribution in [0.2, 0.25) is 0 Å². The van der Waals surface area contributed by atoms with Gasteiger partial charge in [-0.25, -0.2) is 0 Å². The Kier molecular flexibility index (Phi) is 4.05. The van der Waals surface area contributed by atoms with Gasteiger partial charge in [0.1, 0.15) is 0 Å². The van der Waals surface area contributed by atoms with Gasteiger partial charge in [-0.15, -0.1) is 0 Å². The summed E-state index contributed by atoms with van der Waals surface area (Å²) in [4.78, 5) is 12.2. The van der Waals surface area contributed by atoms with Crippen molar-refractivity contribution in [1.82, 2.24) is 0 Å². The number of carbonyl (C=O) groups excluding carboxylic acids is 1. The predicted octanol–water partition coefficient (Wildman–Crippen LogP) is 3.53. The highest BCUT2D eigenvalue weighted by molar-refractivity contribution is 5.75. The van der Waals surface area contributed by atoms with Crippen LogP contribution in [0.1, 0.15) is 60.3 Å². The van der Waals surface area contributed by atoms with E-state index in [0.717, 1.165) is 25.7 Å². The van der Waals surface area contributed by atoms with Crippen molar-refractivity contribution in [2.45, 2.75) is 78.3 Å². The summed E-state index contributed by atoms with van der Waals surface area (Å²) in [6.07, 6.45) is 4.41. The SMILES string of the molecule is CCC1(C)OC2C3CC(COC(=O)C(C)(C)CC)C(C3)C2O1. The van der Waals surface area contributed by atoms with Gasteiger partial charge in [0.15, 0.2) is 5.79 Å². The molecule has 4 heteroatoms. The molecule has 0 spiro atoms. The summed E-state index contributed by atoms with van der Waals surface area (Å²) in [7, 11) is 0. The summed E-state index contributed by atoms with van der Waals surface area (Å²) in [5.74, 6) is 1.01. The summed E-state index contributed by atoms with van der Waals surface area (Å²) in [5, 5.41) is 0. The molecule has 2 aliphatic carbocycles. The molecule has 6 atom stereocenters. The van der Waals surface area contributed by atoms with Crippen molar-refractivity contribution in [3.8, 4) is 0 Å². The van der Waals surface area contributed by atoms with Gasteiger partial charge in [-0.05, 0) is 64.2 Å². The molecule has 1 saturated heterocycles. The molecule has 0 amide bonds. The van der Waals surface area contributed by atoms with Crippen molar-refractivity contribution in [3.63, 3.8) is 0 Å². The second kappa shape index (κ2) is 5.48. The van der Waals surface area contributed by atoms with Crippen molar-refractivity contribution >= 4 is 5.97 Å². The molecule has 3 rings (SSSR count). The molecule has 2 saturated carbocycles. The molecule has 0 aromatic carbocycles. The van der Waals surface area contributed by atoms with Gasteiger partial charge in [0.25, 0.3) is 0 Å². The fraction of sp³-hybridized carbons (Fsp3) is 0.944. The van der Waals surface area contributed by atoms with E-state index >= 15 is 0 Å². The van der Waals surface area contributed by atoms with Gasteiger partial charge < -0.3 is 14.2 Å². The summed E-state index contributed by atoms with van der Waals surface area (Å²) in [5.41, 5.74) is -0.381. The highest BCUT2D eigenvalue weighted by Crippen LogP contribution is 2.56. The summed E-state index contributed by atoms with van der Waals surface area (Å²) in [6, 6.07) is 0. The molecule has 2 bridgehead atoms. The van der Waals surface area contributed by atoms with Crippen molar-refractivity contribution < 1.29 is 19.0 Å². The van der Waals surface area contributed by atoms with E-state index in [1.807, 2.05) is 27.7 Å². The summed E-state index contributed by atoms with van der Waals surface area (Å²) < 4.78 is 18.0. The Hall–Kier alpha value is -0.610. The predicted molar refractivity (Wildman–Crippen MR) is 83.2 cm³/mol. The molecule has 126 valence electrons. The van der Waals surface area contributed by atoms with Crippen LogP contribution in [0.25, 0.3) is 0 Å². The van der Waals surface area contributed by atoms with E-state index in [1.54, 1.807) is 0 Å². The molecule has 3 aliphatic rings. The molecule has 3 fully saturated rings. The van der Waals surface area contributed by atoms with Gasteiger partial charge in [-0.3, -0.25) is 4.79 Å². The van der Waals surface area contributed by atoms with E-state index in [-0.39, 0.29) is 23.6 Å². The Bertz CT molecular complexity index is 446. The van der Waals surface area contributed by atoms with Crippen LogP contribution in [-0.2, 0) is 19.0 Å². The van der Waals surface area contributed by atoms with Crippen LogP contribution in [0, 0.1) is 23.2 Å². The van der Waals surface area contributed by atoms with E-state index < -0.39 is 5.79 Å². The molecule has 0 aromatic rings. The van der Waals surface area contributed by atoms with Crippen molar-refractivity contribution in [1.29, 1.82) is 0 Å². The third-order valence-electron chi connectivity index (χ3n) is 6.27. The smallest absolute Gasteiger partial charge is 0.311 e. The average Bonchev–Trinajstić information content (AvgIpc) is 3.13. The Labute approximate surface area is 133 Å². The highest BCUT2D eigenvalue weighted by atomic mass is 16.8. The number of carbonyl (C=O) groups is 1. The Morgan fingerprint density at radius 3 is 2.55 bits per heavy atom. The summed E-state index contributed by atoms with van der Waals surface area (Å²) >= 11 is 0. The Morgan fingerprint density at radius 2 is 1.91 bits per heavy atom. The number of hydrogen-bond donors (Lipinski definition) is 0. The second-order valence-electron chi connectivity index (χ2n) is 8.14. The van der Waals surface area contributed by atoms with Gasteiger partial charge in [0.2, 0.25) is 0 Å². The third kappa shape index (κ3) is 2.58. The fourth-order valence-corrected chi connectivity index (χ4v) is 4.19. The van der Waals surface area contributed by atoms with Crippen molar-refractivity contribution in [2.75, 3.05) is 6.61 Å². The minimum Gasteiger partial charge on any atom is -0.465 e. The maximum Gasteiger partial charge on any atom is 0.311 e. The first-order chi connectivity index (χ1) is 10.3. The number of hydrogen-bond acceptors (Lipinski definition) is 4. The van der Waals surface area contributed by atoms with Crippen LogP contribution in [-0.4, -0.2) is 30.6 Å². The zero-order valence-electron chi connectivity index (χ0n) is 14.6. The molecule has 4 nitrogen and oxygen atoms in total. The zero-order chi connectivity index (χ0) is 16.1. The standard InChI is InChI=1S/C18H30O4/c1-6-17(3,4)16(19)20-10-12-8-11-9-13(12)15-14(11)21-18(5,7-2)22-15/h11-15H,6-10H2,1-5H3. The maximum atomic E-state index is 12.2. The largest absolute Gasteiger partial charge is 0.465 e. The van der Waals surface area contributed by atoms with Crippen LogP contribution in [0.15, 0.2) is 0 Å². The molecular formula is C18H30O4. The van der Waals surface area contributed by atoms with Gasteiger partial charge in [-0.1, -0.05) is 13.8 Å². The maximum absolute atomic E-state index is 12.2. The minimum absolute atomic E-state index is 0.0729. The molecule has 1 aliphatic heterocycles. The quantitative estimate of drug-likeness (QED) is 0.729. The van der Waals surface area contributed by atoms with E-state index in [1.165, 1.54) is 0 Å². The number of ether oxygens (including phenoxy) is 3. The van der Waals surface area contributed by atoms with Crippen LogP contribution in [0.5, 0.6) is 0 Å². The second-order valence-corrected chi connectivity index (χ2v) is 8.14. The molecule has 6 unspecified atom stereocenters. The van der Waals surface area contributed by atoms with E-state index in [4.69, 9.17) is 14.2 Å². The topological polar surface area (TPSA) is 44.8 Å². The fourth-order valence-electron chi connectivity index (χ4n) is 4.19.